The maximum absolute atomic E-state index is 12.7. The van der Waals surface area contributed by atoms with Crippen molar-refractivity contribution >= 4 is 12.2 Å². The molecule has 4 saturated heterocycles. The van der Waals surface area contributed by atoms with Gasteiger partial charge in [-0.2, -0.15) is 0 Å². The number of aliphatic hydroxyl groups is 15. The first-order chi connectivity index (χ1) is 27.3. The molecule has 1 amide bonds. The van der Waals surface area contributed by atoms with Gasteiger partial charge in [-0.05, 0) is 6.92 Å². The second-order valence-corrected chi connectivity index (χ2v) is 14.3. The van der Waals surface area contributed by atoms with E-state index in [0.29, 0.717) is 0 Å². The fraction of sp³-hybridized carbons (Fsp3) is 0.938. The van der Waals surface area contributed by atoms with Crippen LogP contribution in [-0.4, -0.2) is 268 Å². The highest BCUT2D eigenvalue weighted by Crippen LogP contribution is 2.36. The van der Waals surface area contributed by atoms with E-state index in [-0.39, 0.29) is 11.8 Å². The van der Waals surface area contributed by atoms with Crippen molar-refractivity contribution in [1.82, 2.24) is 5.32 Å². The van der Waals surface area contributed by atoms with E-state index >= 15 is 0 Å². The fourth-order valence-corrected chi connectivity index (χ4v) is 6.91. The van der Waals surface area contributed by atoms with Crippen molar-refractivity contribution in [2.24, 2.45) is 0 Å². The summed E-state index contributed by atoms with van der Waals surface area (Å²) in [6, 6.07) is -1.77. The first-order valence-electron chi connectivity index (χ1n) is 18.2. The summed E-state index contributed by atoms with van der Waals surface area (Å²) in [4.78, 5) is 23.9. The van der Waals surface area contributed by atoms with E-state index in [4.69, 9.17) is 37.9 Å². The summed E-state index contributed by atoms with van der Waals surface area (Å²) in [5.74, 6) is -0.857. The first-order valence-corrected chi connectivity index (χ1v) is 18.2. The molecule has 0 spiro atoms. The van der Waals surface area contributed by atoms with Crippen molar-refractivity contribution < 1.29 is 130 Å². The van der Waals surface area contributed by atoms with E-state index in [1.165, 1.54) is 6.92 Å². The number of carbonyl (C=O) groups is 2. The average Bonchev–Trinajstić information content (AvgIpc) is 3.20. The molecule has 0 aliphatic carbocycles. The molecule has 18 N–H and O–H groups in total. The topological polar surface area (TPSA) is 455 Å². The molecule has 4 fully saturated rings. The van der Waals surface area contributed by atoms with Crippen LogP contribution in [0.1, 0.15) is 13.8 Å². The Morgan fingerprint density at radius 3 is 1.66 bits per heavy atom. The van der Waals surface area contributed by atoms with Crippen LogP contribution in [-0.2, 0) is 47.5 Å². The predicted molar refractivity (Wildman–Crippen MR) is 182 cm³/mol. The lowest BCUT2D eigenvalue weighted by Gasteiger charge is -2.51. The van der Waals surface area contributed by atoms with Crippen LogP contribution in [0.25, 0.3) is 0 Å². The highest BCUT2D eigenvalue weighted by atomic mass is 16.8. The van der Waals surface area contributed by atoms with E-state index < -0.39 is 180 Å². The van der Waals surface area contributed by atoms with Crippen molar-refractivity contribution in [2.45, 2.75) is 161 Å². The van der Waals surface area contributed by atoms with Gasteiger partial charge in [-0.1, -0.05) is 0 Å². The summed E-state index contributed by atoms with van der Waals surface area (Å²) in [5, 5.41) is 159. The van der Waals surface area contributed by atoms with Crippen LogP contribution < -0.4 is 5.32 Å². The Bertz CT molecular complexity index is 1290. The van der Waals surface area contributed by atoms with Gasteiger partial charge in [0.15, 0.2) is 31.4 Å². The van der Waals surface area contributed by atoms with E-state index in [1.807, 2.05) is 0 Å². The highest BCUT2D eigenvalue weighted by Gasteiger charge is 2.57. The zero-order valence-electron chi connectivity index (χ0n) is 31.6. The van der Waals surface area contributed by atoms with Gasteiger partial charge in [0.25, 0.3) is 0 Å². The molecule has 24 unspecified atom stereocenters. The maximum Gasteiger partial charge on any atom is 0.217 e. The highest BCUT2D eigenvalue weighted by molar-refractivity contribution is 5.73. The minimum absolute atomic E-state index is 0. The van der Waals surface area contributed by atoms with Crippen LogP contribution in [0.15, 0.2) is 0 Å². The minimum Gasteiger partial charge on any atom is -0.412 e. The number of nitrogens with one attached hydrogen (secondary N) is 1. The molecule has 4 heterocycles. The van der Waals surface area contributed by atoms with Crippen LogP contribution >= 0.6 is 0 Å². The Kier molecular flexibility index (Phi) is 19.7. The zero-order valence-corrected chi connectivity index (χ0v) is 31.6. The van der Waals surface area contributed by atoms with Gasteiger partial charge in [0.05, 0.1) is 32.5 Å². The lowest BCUT2D eigenvalue weighted by Crippen LogP contribution is -2.71. The van der Waals surface area contributed by atoms with Crippen LogP contribution in [0, 0.1) is 0 Å². The number of amides is 1. The standard InChI is InChI=1S/C32H55NO25.H2O/c1-8-16(42)20(46)22(48)30(51-8)57-27-15(33-9(2)39)29(54-14(7-38)26(27)56-31-23(49)21(47)18(44)12(5-36)52-31)58-28-19(45)13(6-37)53-32(24(28)50)55-25(11(41)4-35)17(43)10(40)3-34;/h3,8,10-32,35-38,40-50H,4-7H2,1-2H3,(H,33,39);1H2. The number of carbonyl (C=O) groups excluding carboxylic acids is 2. The molecule has 24 atom stereocenters. The lowest BCUT2D eigenvalue weighted by molar-refractivity contribution is -0.388. The van der Waals surface area contributed by atoms with Gasteiger partial charge < -0.3 is 130 Å². The number of rotatable bonds is 17. The molecule has 0 bridgehead atoms. The van der Waals surface area contributed by atoms with Gasteiger partial charge in [-0.3, -0.25) is 4.79 Å². The van der Waals surface area contributed by atoms with Gasteiger partial charge in [0.2, 0.25) is 5.91 Å². The number of aldehydes is 1. The second kappa shape index (κ2) is 22.5. The van der Waals surface area contributed by atoms with Crippen LogP contribution in [0.3, 0.4) is 0 Å². The van der Waals surface area contributed by atoms with Crippen molar-refractivity contribution in [1.29, 1.82) is 0 Å². The molecule has 0 aromatic carbocycles. The van der Waals surface area contributed by atoms with Crippen molar-refractivity contribution in [3.05, 3.63) is 0 Å². The summed E-state index contributed by atoms with van der Waals surface area (Å²) in [7, 11) is 0. The summed E-state index contributed by atoms with van der Waals surface area (Å²) < 4.78 is 45.8. The average molecular weight is 872 g/mol. The van der Waals surface area contributed by atoms with E-state index in [9.17, 15) is 86.2 Å². The van der Waals surface area contributed by atoms with Gasteiger partial charge in [-0.25, -0.2) is 0 Å². The Morgan fingerprint density at radius 1 is 0.627 bits per heavy atom. The maximum atomic E-state index is 12.7. The molecule has 4 aliphatic heterocycles. The van der Waals surface area contributed by atoms with Gasteiger partial charge >= 0.3 is 0 Å². The van der Waals surface area contributed by atoms with Gasteiger partial charge in [0, 0.05) is 6.92 Å². The monoisotopic (exact) mass is 871 g/mol. The largest absolute Gasteiger partial charge is 0.412 e. The fourth-order valence-electron chi connectivity index (χ4n) is 6.91. The molecule has 0 saturated carbocycles. The zero-order chi connectivity index (χ0) is 43.3. The Balaban J connectivity index is 0.00000930. The molecule has 4 aliphatic rings. The van der Waals surface area contributed by atoms with Crippen LogP contribution in [0.5, 0.6) is 0 Å². The number of hydrogen-bond donors (Lipinski definition) is 16. The third kappa shape index (κ3) is 11.4. The summed E-state index contributed by atoms with van der Waals surface area (Å²) in [6.45, 7) is -1.73. The molecule has 0 aromatic rings. The lowest BCUT2D eigenvalue weighted by atomic mass is 9.93. The summed E-state index contributed by atoms with van der Waals surface area (Å²) >= 11 is 0. The molecular formula is C32H57NO26. The van der Waals surface area contributed by atoms with Crippen molar-refractivity contribution in [2.75, 3.05) is 26.4 Å². The molecule has 4 rings (SSSR count). The summed E-state index contributed by atoms with van der Waals surface area (Å²) in [5.41, 5.74) is 0. The first kappa shape index (κ1) is 51.5. The van der Waals surface area contributed by atoms with Gasteiger partial charge in [0.1, 0.15) is 116 Å². The minimum atomic E-state index is -2.23. The quantitative estimate of drug-likeness (QED) is 0.0603. The molecular weight excluding hydrogens is 814 g/mol. The molecule has 27 heteroatoms. The molecule has 59 heavy (non-hydrogen) atoms. The number of hydrogen-bond acceptors (Lipinski definition) is 25. The SMILES string of the molecule is CC(=O)NC1C(OC2C(O)C(CO)OC(OC(C(O)CO)C(O)C(O)C=O)C2O)OC(CO)C(OC2OC(CO)C(O)C(O)C2O)C1OC1OC(C)C(O)C(O)C1O.O. The Hall–Kier alpha value is -1.82. The van der Waals surface area contributed by atoms with E-state index in [2.05, 4.69) is 5.32 Å². The second-order valence-electron chi connectivity index (χ2n) is 14.3. The van der Waals surface area contributed by atoms with Gasteiger partial charge in [-0.15, -0.1) is 0 Å². The van der Waals surface area contributed by atoms with E-state index in [0.717, 1.165) is 6.92 Å². The molecule has 0 aromatic heterocycles. The Morgan fingerprint density at radius 2 is 1.12 bits per heavy atom. The van der Waals surface area contributed by atoms with Crippen molar-refractivity contribution in [3.8, 4) is 0 Å². The smallest absolute Gasteiger partial charge is 0.217 e. The molecule has 0 radical (unpaired) electrons. The van der Waals surface area contributed by atoms with E-state index in [1.54, 1.807) is 0 Å². The van der Waals surface area contributed by atoms with Crippen LogP contribution in [0.4, 0.5) is 0 Å². The molecule has 27 nitrogen and oxygen atoms in total. The third-order valence-electron chi connectivity index (χ3n) is 10.2. The number of ether oxygens (including phenoxy) is 8. The molecule has 346 valence electrons. The third-order valence-corrected chi connectivity index (χ3v) is 10.2. The predicted octanol–water partition coefficient (Wildman–Crippen LogP) is -11.7. The normalized spacial score (nSPS) is 45.0. The van der Waals surface area contributed by atoms with Crippen LogP contribution in [0.2, 0.25) is 0 Å². The summed E-state index contributed by atoms with van der Waals surface area (Å²) in [6.07, 6.45) is -43.9. The number of aliphatic hydroxyl groups excluding tert-OH is 15. The van der Waals surface area contributed by atoms with Crippen molar-refractivity contribution in [3.63, 3.8) is 0 Å². The Labute approximate surface area is 334 Å².